The summed E-state index contributed by atoms with van der Waals surface area (Å²) in [7, 11) is 0. The number of carbonyl (C=O) groups excluding carboxylic acids is 1. The highest BCUT2D eigenvalue weighted by Crippen LogP contribution is 2.16. The molecule has 0 bridgehead atoms. The molecule has 5 nitrogen and oxygen atoms in total. The number of hydrogen-bond donors (Lipinski definition) is 3. The second-order valence-electron chi connectivity index (χ2n) is 4.82. The number of carbonyl (C=O) groups is 1. The zero-order valence-corrected chi connectivity index (χ0v) is 13.7. The van der Waals surface area contributed by atoms with Gasteiger partial charge in [-0.2, -0.15) is 0 Å². The second kappa shape index (κ2) is 8.12. The first-order chi connectivity index (χ1) is 10.5. The Balaban J connectivity index is 1.69. The Kier molecular flexibility index (Phi) is 6.18. The van der Waals surface area contributed by atoms with Gasteiger partial charge in [0.25, 0.3) is 0 Å². The van der Waals surface area contributed by atoms with Crippen molar-refractivity contribution in [2.45, 2.75) is 19.4 Å². The van der Waals surface area contributed by atoms with Gasteiger partial charge in [-0.15, -0.1) is 11.3 Å². The minimum absolute atomic E-state index is 0.127. The molecule has 1 aromatic heterocycles. The molecular weight excluding hydrogens is 322 g/mol. The van der Waals surface area contributed by atoms with Crippen molar-refractivity contribution in [1.82, 2.24) is 15.6 Å². The normalized spacial score (nSPS) is 12.0. The van der Waals surface area contributed by atoms with Crippen LogP contribution in [0.1, 0.15) is 22.4 Å². The molecule has 0 radical (unpaired) electrons. The molecule has 2 amide bonds. The molecule has 0 saturated heterocycles. The van der Waals surface area contributed by atoms with Gasteiger partial charge in [0.15, 0.2) is 0 Å². The number of nitrogens with one attached hydrogen (secondary N) is 2. The van der Waals surface area contributed by atoms with Crippen LogP contribution in [0, 0.1) is 6.92 Å². The topological polar surface area (TPSA) is 74.2 Å². The lowest BCUT2D eigenvalue weighted by Gasteiger charge is -2.13. The summed E-state index contributed by atoms with van der Waals surface area (Å²) in [5, 5.41) is 18.9. The Bertz CT molecular complexity index is 633. The highest BCUT2D eigenvalue weighted by molar-refractivity contribution is 7.09. The number of benzene rings is 1. The third kappa shape index (κ3) is 5.29. The van der Waals surface area contributed by atoms with Gasteiger partial charge in [-0.3, -0.25) is 0 Å². The van der Waals surface area contributed by atoms with E-state index in [4.69, 9.17) is 11.6 Å². The summed E-state index contributed by atoms with van der Waals surface area (Å²) >= 11 is 7.46. The summed E-state index contributed by atoms with van der Waals surface area (Å²) in [6, 6.07) is 6.62. The van der Waals surface area contributed by atoms with Gasteiger partial charge < -0.3 is 15.7 Å². The first-order valence-electron chi connectivity index (χ1n) is 6.91. The number of aromatic nitrogens is 1. The zero-order chi connectivity index (χ0) is 15.9. The number of thiazole rings is 1. The van der Waals surface area contributed by atoms with Crippen molar-refractivity contribution in [3.8, 4) is 0 Å². The van der Waals surface area contributed by atoms with Crippen LogP contribution in [0.2, 0.25) is 5.02 Å². The number of aliphatic hydroxyl groups is 1. The fourth-order valence-electron chi connectivity index (χ4n) is 1.91. The zero-order valence-electron chi connectivity index (χ0n) is 12.2. The largest absolute Gasteiger partial charge is 0.387 e. The van der Waals surface area contributed by atoms with Crippen LogP contribution in [0.25, 0.3) is 0 Å². The summed E-state index contributed by atoms with van der Waals surface area (Å²) in [5.74, 6) is 0. The van der Waals surface area contributed by atoms with Crippen molar-refractivity contribution in [3.63, 3.8) is 0 Å². The molecule has 3 N–H and O–H groups in total. The van der Waals surface area contributed by atoms with Gasteiger partial charge >= 0.3 is 6.03 Å². The van der Waals surface area contributed by atoms with Crippen molar-refractivity contribution in [3.05, 3.63) is 50.9 Å². The molecule has 0 unspecified atom stereocenters. The number of amides is 2. The molecule has 0 spiro atoms. The average Bonchev–Trinajstić information content (AvgIpc) is 2.90. The minimum atomic E-state index is -0.786. The van der Waals surface area contributed by atoms with E-state index in [-0.39, 0.29) is 12.6 Å². The van der Waals surface area contributed by atoms with Gasteiger partial charge in [0, 0.05) is 29.9 Å². The number of aryl methyl sites for hydroxylation is 1. The predicted octanol–water partition coefficient (Wildman–Crippen LogP) is 2.68. The SMILES string of the molecule is Cc1nc(CCNC(=O)NC[C@H](O)c2cccc(Cl)c2)cs1. The molecule has 7 heteroatoms. The molecule has 0 aliphatic heterocycles. The Morgan fingerprint density at radius 2 is 2.27 bits per heavy atom. The van der Waals surface area contributed by atoms with Crippen molar-refractivity contribution in [1.29, 1.82) is 0 Å². The lowest BCUT2D eigenvalue weighted by Crippen LogP contribution is -2.38. The van der Waals surface area contributed by atoms with E-state index in [0.29, 0.717) is 23.6 Å². The number of rotatable bonds is 6. The van der Waals surface area contributed by atoms with Crippen molar-refractivity contribution < 1.29 is 9.90 Å². The average molecular weight is 340 g/mol. The van der Waals surface area contributed by atoms with Gasteiger partial charge in [0.05, 0.1) is 16.8 Å². The molecule has 1 aromatic carbocycles. The Labute approximate surface area is 138 Å². The van der Waals surface area contributed by atoms with Crippen LogP contribution in [0.3, 0.4) is 0 Å². The van der Waals surface area contributed by atoms with E-state index < -0.39 is 6.10 Å². The van der Waals surface area contributed by atoms with Crippen LogP contribution < -0.4 is 10.6 Å². The van der Waals surface area contributed by atoms with E-state index in [1.807, 2.05) is 12.3 Å². The number of urea groups is 1. The third-order valence-corrected chi connectivity index (χ3v) is 4.08. The monoisotopic (exact) mass is 339 g/mol. The number of nitrogens with zero attached hydrogens (tertiary/aromatic N) is 1. The predicted molar refractivity (Wildman–Crippen MR) is 88.4 cm³/mol. The molecule has 0 aliphatic rings. The Morgan fingerprint density at radius 1 is 1.45 bits per heavy atom. The lowest BCUT2D eigenvalue weighted by molar-refractivity contribution is 0.173. The Hall–Kier alpha value is -1.63. The molecule has 1 atom stereocenters. The molecule has 118 valence electrons. The van der Waals surface area contributed by atoms with E-state index >= 15 is 0 Å². The third-order valence-electron chi connectivity index (χ3n) is 3.02. The summed E-state index contributed by atoms with van der Waals surface area (Å²) < 4.78 is 0. The van der Waals surface area contributed by atoms with E-state index in [0.717, 1.165) is 10.7 Å². The van der Waals surface area contributed by atoms with Gasteiger partial charge in [-0.05, 0) is 24.6 Å². The maximum Gasteiger partial charge on any atom is 0.314 e. The van der Waals surface area contributed by atoms with Gasteiger partial charge in [-0.25, -0.2) is 9.78 Å². The van der Waals surface area contributed by atoms with Crippen LogP contribution in [-0.2, 0) is 6.42 Å². The first kappa shape index (κ1) is 16.7. The van der Waals surface area contributed by atoms with Crippen molar-refractivity contribution >= 4 is 29.0 Å². The molecule has 22 heavy (non-hydrogen) atoms. The van der Waals surface area contributed by atoms with Crippen LogP contribution in [0.5, 0.6) is 0 Å². The standard InChI is InChI=1S/C15H18ClN3O2S/c1-10-19-13(9-22-10)5-6-17-15(21)18-8-14(20)11-3-2-4-12(16)7-11/h2-4,7,9,14,20H,5-6,8H2,1H3,(H2,17,18,21)/t14-/m0/s1. The number of aliphatic hydroxyl groups excluding tert-OH is 1. The smallest absolute Gasteiger partial charge is 0.314 e. The van der Waals surface area contributed by atoms with Crippen LogP contribution in [0.4, 0.5) is 4.79 Å². The fraction of sp³-hybridized carbons (Fsp3) is 0.333. The maximum absolute atomic E-state index is 11.7. The first-order valence-corrected chi connectivity index (χ1v) is 8.16. The molecule has 2 rings (SSSR count). The van der Waals surface area contributed by atoms with Crippen molar-refractivity contribution in [2.75, 3.05) is 13.1 Å². The summed E-state index contributed by atoms with van der Waals surface area (Å²) in [5.41, 5.74) is 1.65. The molecule has 0 saturated carbocycles. The number of hydrogen-bond acceptors (Lipinski definition) is 4. The summed E-state index contributed by atoms with van der Waals surface area (Å²) in [4.78, 5) is 16.0. The van der Waals surface area contributed by atoms with Crippen LogP contribution in [-0.4, -0.2) is 29.2 Å². The van der Waals surface area contributed by atoms with Crippen LogP contribution in [0.15, 0.2) is 29.6 Å². The van der Waals surface area contributed by atoms with Gasteiger partial charge in [-0.1, -0.05) is 23.7 Å². The van der Waals surface area contributed by atoms with Gasteiger partial charge in [0.1, 0.15) is 0 Å². The molecule has 1 heterocycles. The second-order valence-corrected chi connectivity index (χ2v) is 6.31. The molecular formula is C15H18ClN3O2S. The molecule has 0 aliphatic carbocycles. The van der Waals surface area contributed by atoms with E-state index in [1.165, 1.54) is 0 Å². The lowest BCUT2D eigenvalue weighted by atomic mass is 10.1. The van der Waals surface area contributed by atoms with Crippen LogP contribution >= 0.6 is 22.9 Å². The summed E-state index contributed by atoms with van der Waals surface area (Å²) in [6.45, 7) is 2.58. The van der Waals surface area contributed by atoms with E-state index in [9.17, 15) is 9.90 Å². The fourth-order valence-corrected chi connectivity index (χ4v) is 2.76. The summed E-state index contributed by atoms with van der Waals surface area (Å²) in [6.07, 6.45) is -0.0974. The highest BCUT2D eigenvalue weighted by Gasteiger charge is 2.09. The quantitative estimate of drug-likeness (QED) is 0.757. The van der Waals surface area contributed by atoms with E-state index in [2.05, 4.69) is 15.6 Å². The van der Waals surface area contributed by atoms with Gasteiger partial charge in [0.2, 0.25) is 0 Å². The van der Waals surface area contributed by atoms with E-state index in [1.54, 1.807) is 35.6 Å². The Morgan fingerprint density at radius 3 is 2.95 bits per heavy atom. The minimum Gasteiger partial charge on any atom is -0.387 e. The molecule has 0 fully saturated rings. The maximum atomic E-state index is 11.7. The van der Waals surface area contributed by atoms with Crippen molar-refractivity contribution in [2.24, 2.45) is 0 Å². The molecule has 2 aromatic rings. The number of halogens is 1. The highest BCUT2D eigenvalue weighted by atomic mass is 35.5.